The zero-order valence-corrected chi connectivity index (χ0v) is 14.2. The van der Waals surface area contributed by atoms with Crippen LogP contribution in [0.5, 0.6) is 0 Å². The summed E-state index contributed by atoms with van der Waals surface area (Å²) in [7, 11) is 0. The number of anilines is 1. The van der Waals surface area contributed by atoms with Crippen molar-refractivity contribution in [2.45, 2.75) is 12.5 Å². The molecule has 0 saturated heterocycles. The van der Waals surface area contributed by atoms with Gasteiger partial charge in [-0.15, -0.1) is 26.6 Å². The molecule has 1 unspecified atom stereocenters. The van der Waals surface area contributed by atoms with Gasteiger partial charge in [0.05, 0.1) is 6.04 Å². The van der Waals surface area contributed by atoms with E-state index < -0.39 is 0 Å². The summed E-state index contributed by atoms with van der Waals surface area (Å²) in [6.07, 6.45) is 0.619. The van der Waals surface area contributed by atoms with Crippen LogP contribution in [0, 0.1) is 0 Å². The summed E-state index contributed by atoms with van der Waals surface area (Å²) in [6, 6.07) is 17.7. The Morgan fingerprint density at radius 1 is 1.04 bits per heavy atom. The monoisotopic (exact) mass is 351 g/mol. The quantitative estimate of drug-likeness (QED) is 0.557. The van der Waals surface area contributed by atoms with Crippen LogP contribution in [0.1, 0.15) is 17.3 Å². The van der Waals surface area contributed by atoms with E-state index in [0.717, 1.165) is 11.4 Å². The third kappa shape index (κ3) is 3.24. The molecule has 4 aromatic rings. The first-order valence-corrected chi connectivity index (χ1v) is 8.92. The Labute approximate surface area is 148 Å². The highest BCUT2D eigenvalue weighted by atomic mass is 32.1. The fourth-order valence-electron chi connectivity index (χ4n) is 2.72. The Morgan fingerprint density at radius 3 is 2.68 bits per heavy atom. The molecule has 126 valence electrons. The first-order valence-electron chi connectivity index (χ1n) is 8.04. The lowest BCUT2D eigenvalue weighted by Crippen LogP contribution is -2.13. The number of aliphatic hydroxyl groups excluding tert-OH is 1. The molecule has 0 spiro atoms. The maximum atomic E-state index is 9.36. The lowest BCUT2D eigenvalue weighted by Gasteiger charge is -2.17. The molecule has 6 nitrogen and oxygen atoms in total. The molecule has 0 aliphatic heterocycles. The van der Waals surface area contributed by atoms with Crippen molar-refractivity contribution in [3.8, 4) is 11.4 Å². The molecule has 0 radical (unpaired) electrons. The number of benzene rings is 1. The largest absolute Gasteiger partial charge is 0.396 e. The van der Waals surface area contributed by atoms with Crippen LogP contribution in [0.4, 0.5) is 5.82 Å². The van der Waals surface area contributed by atoms with E-state index in [-0.39, 0.29) is 12.6 Å². The van der Waals surface area contributed by atoms with Crippen molar-refractivity contribution < 1.29 is 5.11 Å². The number of aliphatic hydroxyl groups is 1. The standard InChI is InChI=1S/C18H17N5OS/c24-11-10-14(15-7-4-12-25-15)19-16-8-9-17-20-21-18(23(17)22-16)13-5-2-1-3-6-13/h1-9,12,14,24H,10-11H2,(H,19,22). The van der Waals surface area contributed by atoms with Crippen LogP contribution in [0.2, 0.25) is 0 Å². The minimum Gasteiger partial charge on any atom is -0.396 e. The van der Waals surface area contributed by atoms with E-state index in [1.807, 2.05) is 53.9 Å². The molecule has 0 saturated carbocycles. The average molecular weight is 351 g/mol. The maximum absolute atomic E-state index is 9.36. The Morgan fingerprint density at radius 2 is 1.92 bits per heavy atom. The maximum Gasteiger partial charge on any atom is 0.185 e. The van der Waals surface area contributed by atoms with Crippen LogP contribution in [-0.4, -0.2) is 31.5 Å². The van der Waals surface area contributed by atoms with Gasteiger partial charge in [0.25, 0.3) is 0 Å². The number of thiophene rings is 1. The molecule has 0 fully saturated rings. The molecule has 3 heterocycles. The highest BCUT2D eigenvalue weighted by Gasteiger charge is 2.14. The molecular weight excluding hydrogens is 334 g/mol. The molecule has 3 aromatic heterocycles. The zero-order valence-electron chi connectivity index (χ0n) is 13.4. The van der Waals surface area contributed by atoms with Crippen molar-refractivity contribution in [3.63, 3.8) is 0 Å². The van der Waals surface area contributed by atoms with E-state index in [1.54, 1.807) is 15.9 Å². The van der Waals surface area contributed by atoms with Gasteiger partial charge in [-0.1, -0.05) is 36.4 Å². The topological polar surface area (TPSA) is 75.3 Å². The number of nitrogens with zero attached hydrogens (tertiary/aromatic N) is 4. The van der Waals surface area contributed by atoms with Crippen molar-refractivity contribution in [3.05, 3.63) is 64.9 Å². The van der Waals surface area contributed by atoms with Crippen molar-refractivity contribution in [2.24, 2.45) is 0 Å². The Kier molecular flexibility index (Phi) is 4.41. The minimum atomic E-state index is 0.0200. The predicted octanol–water partition coefficient (Wildman–Crippen LogP) is 3.39. The third-order valence-electron chi connectivity index (χ3n) is 3.92. The lowest BCUT2D eigenvalue weighted by atomic mass is 10.2. The van der Waals surface area contributed by atoms with Crippen molar-refractivity contribution in [1.29, 1.82) is 0 Å². The Hall–Kier alpha value is -2.77. The molecule has 25 heavy (non-hydrogen) atoms. The van der Waals surface area contributed by atoms with Crippen LogP contribution in [0.25, 0.3) is 17.0 Å². The molecule has 2 N–H and O–H groups in total. The highest BCUT2D eigenvalue weighted by molar-refractivity contribution is 7.10. The summed E-state index contributed by atoms with van der Waals surface area (Å²) in [5.41, 5.74) is 1.66. The predicted molar refractivity (Wildman–Crippen MR) is 98.6 cm³/mol. The zero-order chi connectivity index (χ0) is 17.1. The summed E-state index contributed by atoms with van der Waals surface area (Å²) in [5, 5.41) is 27.9. The molecule has 0 aliphatic carbocycles. The van der Waals surface area contributed by atoms with Gasteiger partial charge in [-0.25, -0.2) is 0 Å². The van der Waals surface area contributed by atoms with Crippen LogP contribution in [-0.2, 0) is 0 Å². The minimum absolute atomic E-state index is 0.0200. The second kappa shape index (κ2) is 7.00. The van der Waals surface area contributed by atoms with Gasteiger partial charge in [-0.05, 0) is 30.0 Å². The Balaban J connectivity index is 1.68. The number of hydrogen-bond donors (Lipinski definition) is 2. The number of aromatic nitrogens is 4. The van der Waals surface area contributed by atoms with Crippen molar-refractivity contribution in [1.82, 2.24) is 19.8 Å². The summed E-state index contributed by atoms with van der Waals surface area (Å²) < 4.78 is 1.74. The van der Waals surface area contributed by atoms with E-state index in [0.29, 0.717) is 17.9 Å². The van der Waals surface area contributed by atoms with Gasteiger partial charge in [0, 0.05) is 17.0 Å². The molecule has 0 aliphatic rings. The molecular formula is C18H17N5OS. The molecule has 1 aromatic carbocycles. The van der Waals surface area contributed by atoms with Crippen LogP contribution < -0.4 is 5.32 Å². The van der Waals surface area contributed by atoms with Gasteiger partial charge in [0.15, 0.2) is 11.5 Å². The van der Waals surface area contributed by atoms with Gasteiger partial charge in [0.2, 0.25) is 0 Å². The second-order valence-electron chi connectivity index (χ2n) is 5.60. The number of fused-ring (bicyclic) bond motifs is 1. The smallest absolute Gasteiger partial charge is 0.185 e. The van der Waals surface area contributed by atoms with E-state index in [1.165, 1.54) is 4.88 Å². The van der Waals surface area contributed by atoms with E-state index in [9.17, 15) is 5.11 Å². The highest BCUT2D eigenvalue weighted by Crippen LogP contribution is 2.26. The summed E-state index contributed by atoms with van der Waals surface area (Å²) in [5.74, 6) is 1.42. The first-order chi connectivity index (χ1) is 12.3. The van der Waals surface area contributed by atoms with E-state index in [4.69, 9.17) is 0 Å². The van der Waals surface area contributed by atoms with Crippen molar-refractivity contribution in [2.75, 3.05) is 11.9 Å². The average Bonchev–Trinajstić information content (AvgIpc) is 3.32. The molecule has 4 rings (SSSR count). The fraction of sp³-hybridized carbons (Fsp3) is 0.167. The van der Waals surface area contributed by atoms with Crippen LogP contribution in [0.3, 0.4) is 0 Å². The second-order valence-corrected chi connectivity index (χ2v) is 6.58. The van der Waals surface area contributed by atoms with E-state index in [2.05, 4.69) is 26.7 Å². The summed E-state index contributed by atoms with van der Waals surface area (Å²) >= 11 is 1.66. The normalized spacial score (nSPS) is 12.4. The third-order valence-corrected chi connectivity index (χ3v) is 4.91. The number of hydrogen-bond acceptors (Lipinski definition) is 6. The Bertz CT molecular complexity index is 952. The lowest BCUT2D eigenvalue weighted by molar-refractivity contribution is 0.280. The molecule has 1 atom stereocenters. The molecule has 0 amide bonds. The molecule has 7 heteroatoms. The van der Waals surface area contributed by atoms with Crippen molar-refractivity contribution >= 4 is 22.8 Å². The van der Waals surface area contributed by atoms with Gasteiger partial charge >= 0.3 is 0 Å². The van der Waals surface area contributed by atoms with Crippen LogP contribution in [0.15, 0.2) is 60.0 Å². The fourth-order valence-corrected chi connectivity index (χ4v) is 3.53. The van der Waals surface area contributed by atoms with Gasteiger partial charge in [-0.2, -0.15) is 4.52 Å². The van der Waals surface area contributed by atoms with Gasteiger partial charge < -0.3 is 10.4 Å². The molecule has 0 bridgehead atoms. The van der Waals surface area contributed by atoms with Crippen LogP contribution >= 0.6 is 11.3 Å². The number of rotatable bonds is 6. The van der Waals surface area contributed by atoms with E-state index >= 15 is 0 Å². The SMILES string of the molecule is OCCC(Nc1ccc2nnc(-c3ccccc3)n2n1)c1cccs1. The summed E-state index contributed by atoms with van der Waals surface area (Å²) in [6.45, 7) is 0.111. The first kappa shape index (κ1) is 15.7. The van der Waals surface area contributed by atoms with Gasteiger partial charge in [0.1, 0.15) is 5.82 Å². The number of nitrogens with one attached hydrogen (secondary N) is 1. The van der Waals surface area contributed by atoms with Gasteiger partial charge in [-0.3, -0.25) is 0 Å². The summed E-state index contributed by atoms with van der Waals surface area (Å²) in [4.78, 5) is 1.17.